The van der Waals surface area contributed by atoms with Crippen LogP contribution < -0.4 is 9.64 Å². The number of pyridine rings is 1. The quantitative estimate of drug-likeness (QED) is 0.0999. The van der Waals surface area contributed by atoms with Crippen molar-refractivity contribution in [1.29, 1.82) is 0 Å². The number of halogens is 1. The van der Waals surface area contributed by atoms with Gasteiger partial charge in [-0.3, -0.25) is 19.0 Å². The van der Waals surface area contributed by atoms with E-state index in [2.05, 4.69) is 31.5 Å². The molecule has 0 bridgehead atoms. The molecule has 13 heteroatoms. The van der Waals surface area contributed by atoms with Gasteiger partial charge in [-0.2, -0.15) is 0 Å². The number of hydrogen-bond acceptors (Lipinski definition) is 10. The van der Waals surface area contributed by atoms with Gasteiger partial charge in [0, 0.05) is 91.4 Å². The van der Waals surface area contributed by atoms with Crippen molar-refractivity contribution in [3.8, 4) is 5.75 Å². The number of aliphatic hydroxyl groups excluding tert-OH is 1. The fourth-order valence-corrected chi connectivity index (χ4v) is 11.4. The molecule has 2 aromatic carbocycles. The number of piperidine rings is 2. The molecule has 328 valence electrons. The van der Waals surface area contributed by atoms with Crippen molar-refractivity contribution >= 4 is 37.2 Å². The van der Waals surface area contributed by atoms with Gasteiger partial charge in [0.15, 0.2) is 11.6 Å². The first kappa shape index (κ1) is 45.8. The first-order valence-electron chi connectivity index (χ1n) is 22.7. The summed E-state index contributed by atoms with van der Waals surface area (Å²) in [6.07, 6.45) is 21.9. The second-order valence-corrected chi connectivity index (χ2v) is 20.3. The second-order valence-electron chi connectivity index (χ2n) is 17.0. The van der Waals surface area contributed by atoms with Gasteiger partial charge in [-0.1, -0.05) is 77.6 Å². The summed E-state index contributed by atoms with van der Waals surface area (Å²) in [5, 5.41) is 9.95. The van der Waals surface area contributed by atoms with E-state index in [1.165, 1.54) is 76.1 Å². The van der Waals surface area contributed by atoms with Crippen LogP contribution in [0.2, 0.25) is 0 Å². The molecule has 1 aromatic heterocycles. The van der Waals surface area contributed by atoms with E-state index in [4.69, 9.17) is 4.74 Å². The minimum Gasteiger partial charge on any atom is -0.491 e. The number of rotatable bonds is 22. The molecule has 0 saturated carbocycles. The van der Waals surface area contributed by atoms with Crippen LogP contribution in [0, 0.1) is 5.82 Å². The molecule has 0 amide bonds. The number of fused-ring (bicyclic) bond motifs is 1. The molecule has 0 unspecified atom stereocenters. The number of unbranched alkanes of at least 4 members (excludes halogenated alkanes) is 11. The van der Waals surface area contributed by atoms with Gasteiger partial charge >= 0.3 is 0 Å². The maximum Gasteiger partial charge on any atom is 0.210 e. The molecule has 10 nitrogen and oxygen atoms in total. The normalized spacial score (nSPS) is 18.8. The average Bonchev–Trinajstić information content (AvgIpc) is 3.25. The van der Waals surface area contributed by atoms with Crippen molar-refractivity contribution in [3.63, 3.8) is 0 Å². The fourth-order valence-electron chi connectivity index (χ4n) is 9.42. The minimum atomic E-state index is -4.20. The third-order valence-electron chi connectivity index (χ3n) is 13.0. The molecule has 3 saturated heterocycles. The van der Waals surface area contributed by atoms with Crippen LogP contribution in [-0.4, -0.2) is 128 Å². The molecule has 0 spiro atoms. The predicted octanol–water partition coefficient (Wildman–Crippen LogP) is 8.07. The van der Waals surface area contributed by atoms with Gasteiger partial charge in [0.05, 0.1) is 29.3 Å². The third-order valence-corrected chi connectivity index (χ3v) is 15.7. The Morgan fingerprint density at radius 2 is 1.37 bits per heavy atom. The molecule has 0 aliphatic carbocycles. The number of aromatic nitrogens is 1. The van der Waals surface area contributed by atoms with E-state index < -0.39 is 26.5 Å². The van der Waals surface area contributed by atoms with Gasteiger partial charge < -0.3 is 19.6 Å². The van der Waals surface area contributed by atoms with Crippen molar-refractivity contribution in [3.05, 3.63) is 48.4 Å². The number of anilines is 1. The van der Waals surface area contributed by atoms with Gasteiger partial charge in [0.1, 0.15) is 4.90 Å². The Labute approximate surface area is 356 Å². The topological polar surface area (TPSA) is 107 Å². The van der Waals surface area contributed by atoms with Gasteiger partial charge in [-0.15, -0.1) is 0 Å². The number of nitrogens with zero attached hydrogens (tertiary/aromatic N) is 5. The summed E-state index contributed by atoms with van der Waals surface area (Å²) in [6.45, 7) is 11.2. The van der Waals surface area contributed by atoms with Crippen molar-refractivity contribution in [2.24, 2.45) is 0 Å². The number of ether oxygens (including phenoxy) is 1. The molecule has 3 aliphatic heterocycles. The lowest BCUT2D eigenvalue weighted by Gasteiger charge is -2.46. The molecule has 59 heavy (non-hydrogen) atoms. The minimum absolute atomic E-state index is 0.0342. The number of piperazine rings is 1. The monoisotopic (exact) mass is 855 g/mol. The first-order valence-corrected chi connectivity index (χ1v) is 25.7. The van der Waals surface area contributed by atoms with Crippen LogP contribution in [0.4, 0.5) is 10.1 Å². The number of hydrogen-bond donors (Lipinski definition) is 1. The number of likely N-dealkylation sites (tertiary alicyclic amines) is 1. The molecule has 1 atom stereocenters. The van der Waals surface area contributed by atoms with Crippen molar-refractivity contribution < 1.29 is 26.9 Å². The van der Waals surface area contributed by atoms with Crippen LogP contribution in [0.3, 0.4) is 0 Å². The third kappa shape index (κ3) is 12.5. The van der Waals surface area contributed by atoms with Gasteiger partial charge in [-0.25, -0.2) is 12.8 Å². The van der Waals surface area contributed by atoms with Gasteiger partial charge in [0.2, 0.25) is 9.84 Å². The Balaban J connectivity index is 1.06. The average molecular weight is 856 g/mol. The zero-order valence-corrected chi connectivity index (χ0v) is 37.4. The molecule has 3 aliphatic rings. The highest BCUT2D eigenvalue weighted by Gasteiger charge is 2.34. The lowest BCUT2D eigenvalue weighted by atomic mass is 9.96. The molecule has 4 heterocycles. The van der Waals surface area contributed by atoms with Crippen LogP contribution in [0.15, 0.2) is 57.3 Å². The summed E-state index contributed by atoms with van der Waals surface area (Å²) in [4.78, 5) is 14.8. The summed E-state index contributed by atoms with van der Waals surface area (Å²) < 4.78 is 62.9. The lowest BCUT2D eigenvalue weighted by Crippen LogP contribution is -2.55. The smallest absolute Gasteiger partial charge is 0.210 e. The Bertz CT molecular complexity index is 1890. The Morgan fingerprint density at radius 1 is 0.780 bits per heavy atom. The molecule has 3 fully saturated rings. The highest BCUT2D eigenvalue weighted by molar-refractivity contribution is 7.91. The Kier molecular flexibility index (Phi) is 17.8. The van der Waals surface area contributed by atoms with Crippen LogP contribution >= 0.6 is 0 Å². The van der Waals surface area contributed by atoms with E-state index in [-0.39, 0.29) is 22.1 Å². The number of aliphatic hydroxyl groups is 1. The van der Waals surface area contributed by atoms with Crippen LogP contribution in [0.25, 0.3) is 10.9 Å². The van der Waals surface area contributed by atoms with Crippen molar-refractivity contribution in [2.75, 3.05) is 83.3 Å². The summed E-state index contributed by atoms with van der Waals surface area (Å²) in [7, 11) is -5.47. The van der Waals surface area contributed by atoms with Crippen molar-refractivity contribution in [1.82, 2.24) is 19.7 Å². The van der Waals surface area contributed by atoms with Crippen LogP contribution in [0.1, 0.15) is 110 Å². The summed E-state index contributed by atoms with van der Waals surface area (Å²) in [5.74, 6) is -0.636. The standard InChI is InChI=1S/C46H70FN5O5S2/c1-3-4-5-6-7-8-9-10-11-12-13-14-33-57-44-18-16-40(35-42(44)47)59(55,56)45-36-48-43-17-15-39(58(2)54)34-41(43)46(45)52-25-21-37(22-26-52)50-23-19-38(20-24-50)51-29-27-49(28-30-51)31-32-53/h15-18,34-38,53H,3-14,19-33H2,1-2H3/t58-/m1/s1. The number of sulfone groups is 1. The van der Waals surface area contributed by atoms with E-state index in [0.717, 1.165) is 96.8 Å². The summed E-state index contributed by atoms with van der Waals surface area (Å²) >= 11 is 0. The van der Waals surface area contributed by atoms with E-state index in [9.17, 15) is 17.7 Å². The summed E-state index contributed by atoms with van der Waals surface area (Å²) in [5.41, 5.74) is 1.18. The zero-order chi connectivity index (χ0) is 41.6. The second kappa shape index (κ2) is 23.0. The van der Waals surface area contributed by atoms with Crippen molar-refractivity contribution in [2.45, 2.75) is 136 Å². The number of β-amino-alcohol motifs (C(OH)–C–C–N with tert-alkyl or cyclic N) is 1. The molecule has 1 N–H and O–H groups in total. The molecule has 0 radical (unpaired) electrons. The van der Waals surface area contributed by atoms with Crippen LogP contribution in [0.5, 0.6) is 5.75 Å². The SMILES string of the molecule is CCCCCCCCCCCCCCOc1ccc(S(=O)(=O)c2cnc3ccc([S@@](C)=O)cc3c2N2CCC(N3CCC(N4CCN(CCO)CC4)CC3)CC2)cc1F. The molecule has 6 rings (SSSR count). The maximum atomic E-state index is 15.5. The highest BCUT2D eigenvalue weighted by Crippen LogP contribution is 2.39. The van der Waals surface area contributed by atoms with E-state index >= 15 is 4.39 Å². The van der Waals surface area contributed by atoms with E-state index in [1.807, 2.05) is 0 Å². The van der Waals surface area contributed by atoms with Gasteiger partial charge in [0.25, 0.3) is 0 Å². The zero-order valence-electron chi connectivity index (χ0n) is 35.8. The Hall–Kier alpha value is -2.68. The first-order chi connectivity index (χ1) is 28.7. The fraction of sp³-hybridized carbons (Fsp3) is 0.674. The maximum absolute atomic E-state index is 15.5. The van der Waals surface area contributed by atoms with Crippen LogP contribution in [-0.2, 0) is 20.6 Å². The van der Waals surface area contributed by atoms with Gasteiger partial charge in [-0.05, 0) is 81.6 Å². The lowest BCUT2D eigenvalue weighted by molar-refractivity contribution is 0.0396. The van der Waals surface area contributed by atoms with E-state index in [1.54, 1.807) is 24.5 Å². The summed E-state index contributed by atoms with van der Waals surface area (Å²) in [6, 6.07) is 10.3. The Morgan fingerprint density at radius 3 is 1.97 bits per heavy atom. The van der Waals surface area contributed by atoms with E-state index in [0.29, 0.717) is 53.3 Å². The number of benzene rings is 2. The molecular weight excluding hydrogens is 786 g/mol. The predicted molar refractivity (Wildman–Crippen MR) is 237 cm³/mol. The largest absolute Gasteiger partial charge is 0.491 e. The molecular formula is C46H70FN5O5S2. The molecule has 3 aromatic rings. The highest BCUT2D eigenvalue weighted by atomic mass is 32.2.